The molecule has 0 saturated heterocycles. The molecule has 8 aromatic carbocycles. The van der Waals surface area contributed by atoms with Crippen molar-refractivity contribution in [3.8, 4) is 22.3 Å². The van der Waals surface area contributed by atoms with E-state index in [2.05, 4.69) is 185 Å². The zero-order valence-corrected chi connectivity index (χ0v) is 45.6. The lowest BCUT2D eigenvalue weighted by Gasteiger charge is -2.28. The predicted molar refractivity (Wildman–Crippen MR) is 308 cm³/mol. The Bertz CT molecular complexity index is 3250. The summed E-state index contributed by atoms with van der Waals surface area (Å²) in [7, 11) is 0. The van der Waals surface area contributed by atoms with Crippen LogP contribution in [0.2, 0.25) is 0 Å². The van der Waals surface area contributed by atoms with Crippen LogP contribution in [0.25, 0.3) is 22.3 Å². The minimum atomic E-state index is -0.114. The molecule has 6 heteroatoms. The summed E-state index contributed by atoms with van der Waals surface area (Å²) in [6, 6.07) is 60.7. The fraction of sp³-hybridized carbons (Fsp3) is 0.254. The zero-order valence-electron chi connectivity index (χ0n) is 42.3. The van der Waals surface area contributed by atoms with Crippen LogP contribution >= 0.6 is 47.0 Å². The lowest BCUT2D eigenvalue weighted by atomic mass is 9.77. The summed E-state index contributed by atoms with van der Waals surface area (Å²) < 4.78 is 0. The van der Waals surface area contributed by atoms with Crippen molar-refractivity contribution in [3.63, 3.8) is 0 Å². The summed E-state index contributed by atoms with van der Waals surface area (Å²) in [4.78, 5) is 38.7. The molecule has 3 aliphatic rings. The van der Waals surface area contributed by atoms with Gasteiger partial charge in [-0.1, -0.05) is 188 Å². The maximum atomic E-state index is 15.7. The number of ketones is 2. The standard InChI is InChI=1S/C67H62O2S4/c1-5-45-12-16-47(17-13-45)49-20-24-51(25-21-49)53-28-36-57(37-29-53)73-61-41-40-60(72-56-34-26-52(27-35-56)50-22-18-48(19-23-50)46-14-6-42(2)7-15-46)64-65(61)67(69)63-59(71-55-32-10-44(4)11-33-55)39-38-58(62(63)66(64)68)70-54-30-8-43(3)9-31-54/h8-11,18-42,45-47H,5-7,12-17H2,1-4H3. The van der Waals surface area contributed by atoms with E-state index in [1.54, 1.807) is 47.0 Å². The minimum Gasteiger partial charge on any atom is -0.288 e. The second-order valence-corrected chi connectivity index (χ2v) is 25.2. The van der Waals surface area contributed by atoms with Crippen LogP contribution in [0.4, 0.5) is 0 Å². The van der Waals surface area contributed by atoms with Crippen LogP contribution in [0.15, 0.2) is 209 Å². The Morgan fingerprint density at radius 1 is 0.356 bits per heavy atom. The second-order valence-electron chi connectivity index (χ2n) is 20.7. The van der Waals surface area contributed by atoms with Crippen molar-refractivity contribution >= 4 is 58.6 Å². The van der Waals surface area contributed by atoms with E-state index in [0.717, 1.165) is 62.1 Å². The van der Waals surface area contributed by atoms with E-state index in [-0.39, 0.29) is 11.6 Å². The van der Waals surface area contributed by atoms with E-state index in [0.29, 0.717) is 34.1 Å². The average molecular weight is 1030 g/mol. The quantitative estimate of drug-likeness (QED) is 0.114. The van der Waals surface area contributed by atoms with Crippen molar-refractivity contribution in [2.24, 2.45) is 11.8 Å². The van der Waals surface area contributed by atoms with Crippen LogP contribution in [-0.4, -0.2) is 11.6 Å². The van der Waals surface area contributed by atoms with Crippen LogP contribution in [0.3, 0.4) is 0 Å². The molecule has 2 fully saturated rings. The molecule has 366 valence electrons. The van der Waals surface area contributed by atoms with Gasteiger partial charge in [0.15, 0.2) is 11.6 Å². The minimum absolute atomic E-state index is 0.114. The molecule has 0 aromatic heterocycles. The summed E-state index contributed by atoms with van der Waals surface area (Å²) in [5.74, 6) is 2.81. The number of fused-ring (bicyclic) bond motifs is 2. The van der Waals surface area contributed by atoms with Crippen LogP contribution in [0, 0.1) is 25.7 Å². The van der Waals surface area contributed by atoms with E-state index >= 15 is 9.59 Å². The number of hydrogen-bond donors (Lipinski definition) is 0. The first-order valence-corrected chi connectivity index (χ1v) is 29.6. The van der Waals surface area contributed by atoms with Crippen molar-refractivity contribution < 1.29 is 9.59 Å². The number of benzene rings is 8. The van der Waals surface area contributed by atoms with E-state index in [9.17, 15) is 0 Å². The van der Waals surface area contributed by atoms with Crippen LogP contribution in [-0.2, 0) is 0 Å². The summed E-state index contributed by atoms with van der Waals surface area (Å²) in [6.07, 6.45) is 11.7. The summed E-state index contributed by atoms with van der Waals surface area (Å²) in [5.41, 5.74) is 11.9. The zero-order chi connectivity index (χ0) is 50.0. The molecule has 2 saturated carbocycles. The van der Waals surface area contributed by atoms with Crippen LogP contribution in [0.1, 0.15) is 138 Å². The molecule has 0 amide bonds. The van der Waals surface area contributed by atoms with Gasteiger partial charge >= 0.3 is 0 Å². The van der Waals surface area contributed by atoms with Crippen LogP contribution < -0.4 is 0 Å². The third-order valence-electron chi connectivity index (χ3n) is 15.7. The Morgan fingerprint density at radius 2 is 0.630 bits per heavy atom. The van der Waals surface area contributed by atoms with Crippen molar-refractivity contribution in [2.45, 2.75) is 136 Å². The molecular formula is C67H62O2S4. The van der Waals surface area contributed by atoms with E-state index in [1.165, 1.54) is 91.2 Å². The van der Waals surface area contributed by atoms with Gasteiger partial charge in [-0.2, -0.15) is 0 Å². The van der Waals surface area contributed by atoms with Crippen molar-refractivity contribution in [2.75, 3.05) is 0 Å². The van der Waals surface area contributed by atoms with Gasteiger partial charge in [0.05, 0.1) is 0 Å². The topological polar surface area (TPSA) is 34.1 Å². The first kappa shape index (κ1) is 49.7. The predicted octanol–water partition coefficient (Wildman–Crippen LogP) is 20.0. The molecule has 8 aromatic rings. The molecule has 0 aliphatic heterocycles. The summed E-state index contributed by atoms with van der Waals surface area (Å²) >= 11 is 6.21. The lowest BCUT2D eigenvalue weighted by molar-refractivity contribution is 0.0970. The average Bonchev–Trinajstić information content (AvgIpc) is 3.43. The van der Waals surface area contributed by atoms with Gasteiger partial charge < -0.3 is 0 Å². The molecule has 0 heterocycles. The highest BCUT2D eigenvalue weighted by molar-refractivity contribution is 8.00. The molecule has 0 unspecified atom stereocenters. The van der Waals surface area contributed by atoms with Gasteiger partial charge in [0.1, 0.15) is 0 Å². The highest BCUT2D eigenvalue weighted by Gasteiger charge is 2.38. The van der Waals surface area contributed by atoms with Crippen molar-refractivity contribution in [3.05, 3.63) is 214 Å². The van der Waals surface area contributed by atoms with Gasteiger partial charge in [-0.15, -0.1) is 0 Å². The number of rotatable bonds is 13. The Hall–Kier alpha value is -5.50. The van der Waals surface area contributed by atoms with Crippen LogP contribution in [0.5, 0.6) is 0 Å². The first-order valence-electron chi connectivity index (χ1n) is 26.3. The molecule has 11 rings (SSSR count). The number of carbonyl (C=O) groups excluding carboxylic acids is 2. The Morgan fingerprint density at radius 3 is 0.932 bits per heavy atom. The lowest BCUT2D eigenvalue weighted by Crippen LogP contribution is -2.24. The van der Waals surface area contributed by atoms with Gasteiger partial charge in [0.25, 0.3) is 0 Å². The van der Waals surface area contributed by atoms with E-state index < -0.39 is 0 Å². The number of carbonyl (C=O) groups is 2. The molecule has 0 bridgehead atoms. The van der Waals surface area contributed by atoms with Gasteiger partial charge in [-0.05, 0) is 182 Å². The molecule has 2 nitrogen and oxygen atoms in total. The van der Waals surface area contributed by atoms with Gasteiger partial charge in [0, 0.05) is 61.4 Å². The van der Waals surface area contributed by atoms with E-state index in [4.69, 9.17) is 0 Å². The summed E-state index contributed by atoms with van der Waals surface area (Å²) in [5, 5.41) is 0. The fourth-order valence-electron chi connectivity index (χ4n) is 11.2. The largest absolute Gasteiger partial charge is 0.288 e. The third kappa shape index (κ3) is 11.0. The maximum Gasteiger partial charge on any atom is 0.196 e. The summed E-state index contributed by atoms with van der Waals surface area (Å²) in [6.45, 7) is 8.86. The molecule has 0 N–H and O–H groups in total. The Labute approximate surface area is 450 Å². The number of hydrogen-bond acceptors (Lipinski definition) is 6. The third-order valence-corrected chi connectivity index (χ3v) is 20.0. The molecular weight excluding hydrogens is 965 g/mol. The fourth-order valence-corrected chi connectivity index (χ4v) is 15.0. The van der Waals surface area contributed by atoms with Crippen molar-refractivity contribution in [1.82, 2.24) is 0 Å². The molecule has 0 atom stereocenters. The second kappa shape index (κ2) is 22.1. The first-order chi connectivity index (χ1) is 35.6. The maximum absolute atomic E-state index is 15.7. The highest BCUT2D eigenvalue weighted by atomic mass is 32.2. The van der Waals surface area contributed by atoms with Gasteiger partial charge in [-0.3, -0.25) is 9.59 Å². The van der Waals surface area contributed by atoms with E-state index in [1.807, 2.05) is 12.1 Å². The smallest absolute Gasteiger partial charge is 0.196 e. The molecule has 3 aliphatic carbocycles. The molecule has 0 spiro atoms. The highest BCUT2D eigenvalue weighted by Crippen LogP contribution is 2.49. The van der Waals surface area contributed by atoms with Gasteiger partial charge in [-0.25, -0.2) is 0 Å². The Kier molecular flexibility index (Phi) is 15.1. The normalized spacial score (nSPS) is 18.6. The van der Waals surface area contributed by atoms with Crippen molar-refractivity contribution in [1.29, 1.82) is 0 Å². The Balaban J connectivity index is 0.934. The number of aryl methyl sites for hydroxylation is 2. The van der Waals surface area contributed by atoms with Gasteiger partial charge in [0.2, 0.25) is 0 Å². The SMILES string of the molecule is CCC1CCC(c2ccc(-c3ccc(Sc4ccc(Sc5ccc(-c6ccc(C7CCC(C)CC7)cc6)cc5)c5c4C(=O)c4c(Sc6ccc(C)cc6)ccc(Sc6ccc(C)cc6)c4C5=O)cc3)cc2)CC1. The monoisotopic (exact) mass is 1030 g/mol. The molecule has 0 radical (unpaired) electrons. The molecule has 73 heavy (non-hydrogen) atoms.